The Bertz CT molecular complexity index is 386. The van der Waals surface area contributed by atoms with E-state index >= 15 is 0 Å². The lowest BCUT2D eigenvalue weighted by Crippen LogP contribution is -2.16. The summed E-state index contributed by atoms with van der Waals surface area (Å²) >= 11 is 0. The van der Waals surface area contributed by atoms with Gasteiger partial charge in [-0.1, -0.05) is 13.8 Å². The zero-order chi connectivity index (χ0) is 14.8. The van der Waals surface area contributed by atoms with E-state index in [4.69, 9.17) is 18.9 Å². The summed E-state index contributed by atoms with van der Waals surface area (Å²) < 4.78 is 20.8. The first-order chi connectivity index (χ1) is 9.63. The highest BCUT2D eigenvalue weighted by Crippen LogP contribution is 2.17. The normalized spacial score (nSPS) is 10.4. The van der Waals surface area contributed by atoms with Crippen molar-refractivity contribution in [3.63, 3.8) is 0 Å². The van der Waals surface area contributed by atoms with Crippen molar-refractivity contribution in [2.24, 2.45) is 5.92 Å². The molecule has 1 aromatic carbocycles. The minimum absolute atomic E-state index is 0.112. The van der Waals surface area contributed by atoms with Crippen molar-refractivity contribution in [3.05, 3.63) is 24.3 Å². The Balaban J connectivity index is 2.22. The Morgan fingerprint density at radius 3 is 1.90 bits per heavy atom. The number of carbonyl (C=O) groups is 1. The molecule has 0 aliphatic heterocycles. The Hall–Kier alpha value is -1.75. The van der Waals surface area contributed by atoms with E-state index in [-0.39, 0.29) is 18.5 Å². The van der Waals surface area contributed by atoms with Gasteiger partial charge in [0.15, 0.2) is 0 Å². The molecule has 0 saturated carbocycles. The van der Waals surface area contributed by atoms with Crippen LogP contribution in [0.1, 0.15) is 13.8 Å². The Labute approximate surface area is 119 Å². The third-order valence-corrected chi connectivity index (χ3v) is 2.45. The lowest BCUT2D eigenvalue weighted by molar-refractivity contribution is -0.148. The van der Waals surface area contributed by atoms with E-state index in [2.05, 4.69) is 0 Å². The van der Waals surface area contributed by atoms with Gasteiger partial charge in [-0.2, -0.15) is 0 Å². The molecule has 0 spiro atoms. The molecule has 0 amide bonds. The number of hydrogen-bond donors (Lipinski definition) is 0. The standard InChI is InChI=1S/C15H22O5/c1-12(2)15(16)20-11-10-19-14-6-4-13(5-7-14)18-9-8-17-3/h4-7,12H,8-11H2,1-3H3. The van der Waals surface area contributed by atoms with Crippen LogP contribution >= 0.6 is 0 Å². The van der Waals surface area contributed by atoms with Gasteiger partial charge in [-0.15, -0.1) is 0 Å². The summed E-state index contributed by atoms with van der Waals surface area (Å²) in [6, 6.07) is 7.27. The second-order valence-electron chi connectivity index (χ2n) is 4.48. The van der Waals surface area contributed by atoms with Gasteiger partial charge >= 0.3 is 5.97 Å². The second-order valence-corrected chi connectivity index (χ2v) is 4.48. The zero-order valence-electron chi connectivity index (χ0n) is 12.3. The maximum Gasteiger partial charge on any atom is 0.308 e. The average molecular weight is 282 g/mol. The van der Waals surface area contributed by atoms with Crippen LogP contribution in [0.15, 0.2) is 24.3 Å². The molecule has 20 heavy (non-hydrogen) atoms. The Morgan fingerprint density at radius 1 is 0.950 bits per heavy atom. The van der Waals surface area contributed by atoms with Crippen LogP contribution in [-0.2, 0) is 14.3 Å². The molecule has 0 aliphatic carbocycles. The minimum Gasteiger partial charge on any atom is -0.491 e. The van der Waals surface area contributed by atoms with Crippen LogP contribution in [0.3, 0.4) is 0 Å². The predicted octanol–water partition coefficient (Wildman–Crippen LogP) is 2.29. The van der Waals surface area contributed by atoms with Crippen molar-refractivity contribution in [1.82, 2.24) is 0 Å². The van der Waals surface area contributed by atoms with Crippen LogP contribution in [0.4, 0.5) is 0 Å². The Kier molecular flexibility index (Phi) is 7.50. The molecular weight excluding hydrogens is 260 g/mol. The quantitative estimate of drug-likeness (QED) is 0.514. The van der Waals surface area contributed by atoms with Crippen LogP contribution < -0.4 is 9.47 Å². The van der Waals surface area contributed by atoms with Crippen molar-refractivity contribution < 1.29 is 23.7 Å². The van der Waals surface area contributed by atoms with Crippen molar-refractivity contribution in [3.8, 4) is 11.5 Å². The highest BCUT2D eigenvalue weighted by Gasteiger charge is 2.07. The van der Waals surface area contributed by atoms with Crippen LogP contribution in [-0.4, -0.2) is 39.5 Å². The lowest BCUT2D eigenvalue weighted by Gasteiger charge is -2.10. The highest BCUT2D eigenvalue weighted by atomic mass is 16.6. The van der Waals surface area contributed by atoms with Gasteiger partial charge in [-0.25, -0.2) is 0 Å². The van der Waals surface area contributed by atoms with Gasteiger partial charge < -0.3 is 18.9 Å². The molecule has 0 N–H and O–H groups in total. The number of hydrogen-bond acceptors (Lipinski definition) is 5. The van der Waals surface area contributed by atoms with Gasteiger partial charge in [0, 0.05) is 7.11 Å². The third-order valence-electron chi connectivity index (χ3n) is 2.45. The molecule has 0 atom stereocenters. The molecule has 0 aliphatic rings. The molecule has 0 radical (unpaired) electrons. The Morgan fingerprint density at radius 2 is 1.45 bits per heavy atom. The summed E-state index contributed by atoms with van der Waals surface area (Å²) in [6.45, 7) is 5.25. The summed E-state index contributed by atoms with van der Waals surface area (Å²) in [7, 11) is 1.63. The maximum atomic E-state index is 11.2. The van der Waals surface area contributed by atoms with Crippen molar-refractivity contribution >= 4 is 5.97 Å². The lowest BCUT2D eigenvalue weighted by atomic mass is 10.2. The van der Waals surface area contributed by atoms with Crippen LogP contribution in [0, 0.1) is 5.92 Å². The van der Waals surface area contributed by atoms with Gasteiger partial charge in [0.1, 0.15) is 31.3 Å². The van der Waals surface area contributed by atoms with E-state index in [1.54, 1.807) is 21.0 Å². The molecule has 0 aromatic heterocycles. The second kappa shape index (κ2) is 9.20. The summed E-state index contributed by atoms with van der Waals surface area (Å²) in [6.07, 6.45) is 0. The van der Waals surface area contributed by atoms with E-state index in [0.717, 1.165) is 5.75 Å². The maximum absolute atomic E-state index is 11.2. The third kappa shape index (κ3) is 6.43. The topological polar surface area (TPSA) is 54.0 Å². The van der Waals surface area contributed by atoms with Gasteiger partial charge in [0.25, 0.3) is 0 Å². The van der Waals surface area contributed by atoms with Gasteiger partial charge in [-0.05, 0) is 24.3 Å². The SMILES string of the molecule is COCCOc1ccc(OCCOC(=O)C(C)C)cc1. The smallest absolute Gasteiger partial charge is 0.308 e. The first kappa shape index (κ1) is 16.3. The summed E-state index contributed by atoms with van der Waals surface area (Å²) in [4.78, 5) is 11.2. The summed E-state index contributed by atoms with van der Waals surface area (Å²) in [5.41, 5.74) is 0. The molecule has 0 heterocycles. The van der Waals surface area contributed by atoms with Gasteiger partial charge in [0.05, 0.1) is 12.5 Å². The minimum atomic E-state index is -0.213. The molecule has 0 saturated heterocycles. The van der Waals surface area contributed by atoms with Crippen molar-refractivity contribution in [1.29, 1.82) is 0 Å². The molecule has 5 nitrogen and oxygen atoms in total. The fourth-order valence-electron chi connectivity index (χ4n) is 1.34. The molecule has 1 aromatic rings. The van der Waals surface area contributed by atoms with Gasteiger partial charge in [0.2, 0.25) is 0 Å². The van der Waals surface area contributed by atoms with E-state index in [1.807, 2.05) is 24.3 Å². The van der Waals surface area contributed by atoms with Crippen molar-refractivity contribution in [2.45, 2.75) is 13.8 Å². The predicted molar refractivity (Wildman–Crippen MR) is 75.1 cm³/mol. The van der Waals surface area contributed by atoms with E-state index in [0.29, 0.717) is 25.6 Å². The molecule has 0 unspecified atom stereocenters. The van der Waals surface area contributed by atoms with Crippen LogP contribution in [0.25, 0.3) is 0 Å². The first-order valence-corrected chi connectivity index (χ1v) is 6.64. The zero-order valence-corrected chi connectivity index (χ0v) is 12.3. The number of rotatable bonds is 9. The fraction of sp³-hybridized carbons (Fsp3) is 0.533. The number of benzene rings is 1. The van der Waals surface area contributed by atoms with Crippen LogP contribution in [0.5, 0.6) is 11.5 Å². The van der Waals surface area contributed by atoms with E-state index < -0.39 is 0 Å². The fourth-order valence-corrected chi connectivity index (χ4v) is 1.34. The molecule has 1 rings (SSSR count). The average Bonchev–Trinajstić information content (AvgIpc) is 2.45. The number of ether oxygens (including phenoxy) is 4. The summed E-state index contributed by atoms with van der Waals surface area (Å²) in [5.74, 6) is 1.15. The molecule has 112 valence electrons. The van der Waals surface area contributed by atoms with E-state index in [9.17, 15) is 4.79 Å². The number of methoxy groups -OCH3 is 1. The van der Waals surface area contributed by atoms with Gasteiger partial charge in [-0.3, -0.25) is 4.79 Å². The monoisotopic (exact) mass is 282 g/mol. The molecular formula is C15H22O5. The largest absolute Gasteiger partial charge is 0.491 e. The number of esters is 1. The van der Waals surface area contributed by atoms with Crippen molar-refractivity contribution in [2.75, 3.05) is 33.5 Å². The molecule has 5 heteroatoms. The number of carbonyl (C=O) groups excluding carboxylic acids is 1. The highest BCUT2D eigenvalue weighted by molar-refractivity contribution is 5.71. The van der Waals surface area contributed by atoms with E-state index in [1.165, 1.54) is 0 Å². The molecule has 0 fully saturated rings. The first-order valence-electron chi connectivity index (χ1n) is 6.64. The summed E-state index contributed by atoms with van der Waals surface area (Å²) in [5, 5.41) is 0. The molecule has 0 bridgehead atoms. The van der Waals surface area contributed by atoms with Crippen LogP contribution in [0.2, 0.25) is 0 Å².